The molecule has 2 heterocycles. The topological polar surface area (TPSA) is 103 Å². The molecule has 1 aliphatic rings. The molecular weight excluding hydrogens is 468 g/mol. The molecule has 1 aromatic heterocycles. The third kappa shape index (κ3) is 4.44. The van der Waals surface area contributed by atoms with Gasteiger partial charge < -0.3 is 24.8 Å². The summed E-state index contributed by atoms with van der Waals surface area (Å²) in [6.45, 7) is 4.32. The zero-order valence-corrected chi connectivity index (χ0v) is 20.7. The second-order valence-electron chi connectivity index (χ2n) is 9.13. The molecule has 1 amide bonds. The Morgan fingerprint density at radius 1 is 1.05 bits per heavy atom. The van der Waals surface area contributed by atoms with Crippen LogP contribution in [0.5, 0.6) is 11.5 Å². The lowest BCUT2D eigenvalue weighted by Gasteiger charge is -2.26. The quantitative estimate of drug-likeness (QED) is 0.184. The first kappa shape index (κ1) is 24.2. The van der Waals surface area contributed by atoms with E-state index in [-0.39, 0.29) is 29.4 Å². The Bertz CT molecular complexity index is 1520. The lowest BCUT2D eigenvalue weighted by Crippen LogP contribution is -2.31. The monoisotopic (exact) mass is 496 g/mol. The number of rotatable bonds is 7. The van der Waals surface area contributed by atoms with Crippen molar-refractivity contribution in [1.29, 1.82) is 0 Å². The maximum atomic E-state index is 13.3. The van der Waals surface area contributed by atoms with Crippen LogP contribution in [0.25, 0.3) is 16.7 Å². The molecule has 3 N–H and O–H groups in total. The van der Waals surface area contributed by atoms with Gasteiger partial charge in [-0.05, 0) is 49.6 Å². The number of aromatic hydroxyl groups is 1. The molecule has 1 fully saturated rings. The third-order valence-corrected chi connectivity index (χ3v) is 6.76. The highest BCUT2D eigenvalue weighted by Crippen LogP contribution is 2.42. The maximum Gasteiger partial charge on any atom is 0.295 e. The minimum atomic E-state index is -0.841. The van der Waals surface area contributed by atoms with Crippen LogP contribution in [-0.2, 0) is 16.0 Å². The number of Topliss-reactive ketones (excluding diaryl/α,β-unsaturated/α-hetero) is 1. The van der Waals surface area contributed by atoms with Crippen LogP contribution in [0.3, 0.4) is 0 Å². The van der Waals surface area contributed by atoms with Gasteiger partial charge in [0.1, 0.15) is 5.76 Å². The second-order valence-corrected chi connectivity index (χ2v) is 9.13. The summed E-state index contributed by atoms with van der Waals surface area (Å²) in [5.41, 5.74) is 4.06. The normalized spacial score (nSPS) is 17.0. The Morgan fingerprint density at radius 3 is 2.57 bits per heavy atom. The van der Waals surface area contributed by atoms with Crippen molar-refractivity contribution >= 4 is 28.4 Å². The van der Waals surface area contributed by atoms with Gasteiger partial charge in [-0.15, -0.1) is 0 Å². The molecule has 5 rings (SSSR count). The molecule has 1 saturated heterocycles. The number of aliphatic hydroxyl groups is 1. The van der Waals surface area contributed by atoms with Crippen LogP contribution in [0.4, 0.5) is 0 Å². The van der Waals surface area contributed by atoms with Crippen molar-refractivity contribution in [2.75, 3.05) is 13.2 Å². The number of ether oxygens (including phenoxy) is 1. The Hall–Kier alpha value is -4.52. The number of benzene rings is 3. The number of aliphatic hydroxyl groups excluding tert-OH is 1. The van der Waals surface area contributed by atoms with Gasteiger partial charge in [-0.3, -0.25) is 9.59 Å². The standard InChI is InChI=1S/C30H28N2O5/c1-3-37-25-16-20(12-13-24(25)33)27-26(28(34)19-10-8-18(2)9-11-19)29(35)30(36)32(27)15-14-21-17-31-23-7-5-4-6-22(21)23/h4-13,16-17,27,31,33-34H,3,14-15H2,1-2H3/t27-/m1/s1. The lowest BCUT2D eigenvalue weighted by atomic mass is 9.94. The number of hydrogen-bond donors (Lipinski definition) is 3. The van der Waals surface area contributed by atoms with E-state index in [9.17, 15) is 19.8 Å². The molecule has 188 valence electrons. The van der Waals surface area contributed by atoms with Crippen LogP contribution in [0.1, 0.15) is 35.2 Å². The van der Waals surface area contributed by atoms with Crippen molar-refractivity contribution in [3.05, 3.63) is 101 Å². The highest BCUT2D eigenvalue weighted by molar-refractivity contribution is 6.46. The molecule has 1 aliphatic heterocycles. The molecule has 0 bridgehead atoms. The second kappa shape index (κ2) is 9.85. The van der Waals surface area contributed by atoms with E-state index in [2.05, 4.69) is 4.98 Å². The fraction of sp³-hybridized carbons (Fsp3) is 0.200. The van der Waals surface area contributed by atoms with Crippen molar-refractivity contribution in [2.45, 2.75) is 26.3 Å². The van der Waals surface area contributed by atoms with Gasteiger partial charge in [0, 0.05) is 29.2 Å². The molecule has 7 heteroatoms. The van der Waals surface area contributed by atoms with E-state index in [0.717, 1.165) is 22.0 Å². The molecule has 0 unspecified atom stereocenters. The van der Waals surface area contributed by atoms with E-state index in [1.165, 1.54) is 11.0 Å². The fourth-order valence-electron chi connectivity index (χ4n) is 4.88. The molecule has 0 radical (unpaired) electrons. The van der Waals surface area contributed by atoms with Crippen LogP contribution < -0.4 is 4.74 Å². The number of H-pyrrole nitrogens is 1. The van der Waals surface area contributed by atoms with Crippen LogP contribution in [-0.4, -0.2) is 44.9 Å². The zero-order chi connectivity index (χ0) is 26.1. The third-order valence-electron chi connectivity index (χ3n) is 6.76. The predicted octanol–water partition coefficient (Wildman–Crippen LogP) is 5.25. The van der Waals surface area contributed by atoms with E-state index < -0.39 is 17.7 Å². The minimum Gasteiger partial charge on any atom is -0.507 e. The number of carbonyl (C=O) groups is 2. The molecule has 1 atom stereocenters. The summed E-state index contributed by atoms with van der Waals surface area (Å²) >= 11 is 0. The van der Waals surface area contributed by atoms with Crippen molar-refractivity contribution < 1.29 is 24.5 Å². The van der Waals surface area contributed by atoms with Gasteiger partial charge in [0.05, 0.1) is 18.2 Å². The number of aromatic amines is 1. The number of likely N-dealkylation sites (tertiary alicyclic amines) is 1. The average molecular weight is 497 g/mol. The number of phenols is 1. The summed E-state index contributed by atoms with van der Waals surface area (Å²) in [6, 6.07) is 18.9. The summed E-state index contributed by atoms with van der Waals surface area (Å²) in [7, 11) is 0. The number of fused-ring (bicyclic) bond motifs is 1. The number of phenolic OH excluding ortho intramolecular Hbond substituents is 1. The van der Waals surface area contributed by atoms with E-state index in [0.29, 0.717) is 24.2 Å². The fourth-order valence-corrected chi connectivity index (χ4v) is 4.88. The lowest BCUT2D eigenvalue weighted by molar-refractivity contribution is -0.139. The SMILES string of the molecule is CCOc1cc([C@@H]2C(=C(O)c3ccc(C)cc3)C(=O)C(=O)N2CCc2c[nH]c3ccccc23)ccc1O. The van der Waals surface area contributed by atoms with Crippen LogP contribution in [0.2, 0.25) is 0 Å². The van der Waals surface area contributed by atoms with Crippen LogP contribution in [0.15, 0.2) is 78.5 Å². The molecule has 0 spiro atoms. The summed E-state index contributed by atoms with van der Waals surface area (Å²) in [6.07, 6.45) is 2.42. The number of amides is 1. The number of hydrogen-bond acceptors (Lipinski definition) is 5. The molecule has 37 heavy (non-hydrogen) atoms. The van der Waals surface area contributed by atoms with Gasteiger partial charge in [0.15, 0.2) is 11.5 Å². The van der Waals surface area contributed by atoms with Gasteiger partial charge in [-0.2, -0.15) is 0 Å². The molecular formula is C30H28N2O5. The van der Waals surface area contributed by atoms with Crippen molar-refractivity contribution in [3.63, 3.8) is 0 Å². The van der Waals surface area contributed by atoms with Gasteiger partial charge in [-0.25, -0.2) is 0 Å². The summed E-state index contributed by atoms with van der Waals surface area (Å²) in [5.74, 6) is -1.45. The first-order valence-corrected chi connectivity index (χ1v) is 12.2. The first-order chi connectivity index (χ1) is 17.9. The number of aryl methyl sites for hydroxylation is 1. The number of aromatic nitrogens is 1. The number of para-hydroxylation sites is 1. The Labute approximate surface area is 214 Å². The van der Waals surface area contributed by atoms with Gasteiger partial charge in [0.2, 0.25) is 0 Å². The number of ketones is 1. The number of carbonyl (C=O) groups excluding carboxylic acids is 2. The molecule has 0 aliphatic carbocycles. The Kier molecular flexibility index (Phi) is 6.44. The summed E-state index contributed by atoms with van der Waals surface area (Å²) < 4.78 is 5.57. The number of nitrogens with one attached hydrogen (secondary N) is 1. The van der Waals surface area contributed by atoms with E-state index >= 15 is 0 Å². The Morgan fingerprint density at radius 2 is 1.81 bits per heavy atom. The highest BCUT2D eigenvalue weighted by Gasteiger charge is 2.46. The van der Waals surface area contributed by atoms with Gasteiger partial charge >= 0.3 is 0 Å². The van der Waals surface area contributed by atoms with E-state index in [1.807, 2.05) is 49.5 Å². The summed E-state index contributed by atoms with van der Waals surface area (Å²) in [4.78, 5) is 31.4. The molecule has 0 saturated carbocycles. The van der Waals surface area contributed by atoms with Gasteiger partial charge in [0.25, 0.3) is 11.7 Å². The first-order valence-electron chi connectivity index (χ1n) is 12.2. The van der Waals surface area contributed by atoms with E-state index in [4.69, 9.17) is 4.74 Å². The maximum absolute atomic E-state index is 13.3. The average Bonchev–Trinajstić information content (AvgIpc) is 3.42. The molecule has 7 nitrogen and oxygen atoms in total. The van der Waals surface area contributed by atoms with E-state index in [1.54, 1.807) is 31.2 Å². The predicted molar refractivity (Wildman–Crippen MR) is 141 cm³/mol. The number of nitrogens with zero attached hydrogens (tertiary/aromatic N) is 1. The molecule has 3 aromatic carbocycles. The van der Waals surface area contributed by atoms with Crippen LogP contribution in [0, 0.1) is 6.92 Å². The van der Waals surface area contributed by atoms with Crippen molar-refractivity contribution in [1.82, 2.24) is 9.88 Å². The highest BCUT2D eigenvalue weighted by atomic mass is 16.5. The van der Waals surface area contributed by atoms with Crippen molar-refractivity contribution in [2.24, 2.45) is 0 Å². The smallest absolute Gasteiger partial charge is 0.295 e. The largest absolute Gasteiger partial charge is 0.507 e. The minimum absolute atomic E-state index is 0.0147. The van der Waals surface area contributed by atoms with Gasteiger partial charge in [-0.1, -0.05) is 54.1 Å². The Balaban J connectivity index is 1.59. The summed E-state index contributed by atoms with van der Waals surface area (Å²) in [5, 5.41) is 22.6. The van der Waals surface area contributed by atoms with Crippen LogP contribution >= 0.6 is 0 Å². The zero-order valence-electron chi connectivity index (χ0n) is 20.7. The van der Waals surface area contributed by atoms with Crippen molar-refractivity contribution in [3.8, 4) is 11.5 Å². The molecule has 4 aromatic rings.